The molecule has 1 aliphatic rings. The van der Waals surface area contributed by atoms with Gasteiger partial charge in [0.1, 0.15) is 0 Å². The first-order valence-electron chi connectivity index (χ1n) is 3.17. The number of nitrogens with zero attached hydrogens (tertiary/aromatic N) is 2. The van der Waals surface area contributed by atoms with Crippen molar-refractivity contribution < 1.29 is 0 Å². The minimum atomic E-state index is 0.231. The summed E-state index contributed by atoms with van der Waals surface area (Å²) in [5.41, 5.74) is 0. The van der Waals surface area contributed by atoms with Crippen molar-refractivity contribution in [3.63, 3.8) is 0 Å². The molecule has 0 N–H and O–H groups in total. The Kier molecular flexibility index (Phi) is 2.34. The lowest BCUT2D eigenvalue weighted by molar-refractivity contribution is 0.469. The molecule has 0 saturated carbocycles. The molecular weight excluding hydrogens is 136 g/mol. The maximum Gasteiger partial charge on any atom is 0.0851 e. The molecule has 0 amide bonds. The number of aliphatic imine (C=N–C) groups is 1. The third-order valence-corrected chi connectivity index (χ3v) is 1.39. The van der Waals surface area contributed by atoms with Crippen LogP contribution in [0.15, 0.2) is 4.99 Å². The fourth-order valence-electron chi connectivity index (χ4n) is 0.879. The molecule has 3 heteroatoms. The molecule has 0 radical (unpaired) electrons. The number of halogens is 1. The molecule has 9 heavy (non-hydrogen) atoms. The van der Waals surface area contributed by atoms with Crippen molar-refractivity contribution >= 4 is 17.9 Å². The Bertz CT molecular complexity index is 112. The molecule has 0 aromatic rings. The van der Waals surface area contributed by atoms with Crippen molar-refractivity contribution in [2.24, 2.45) is 4.99 Å². The van der Waals surface area contributed by atoms with Gasteiger partial charge in [0.2, 0.25) is 0 Å². The largest absolute Gasteiger partial charge is 0.360 e. The van der Waals surface area contributed by atoms with Gasteiger partial charge in [0.15, 0.2) is 0 Å². The molecule has 52 valence electrons. The summed E-state index contributed by atoms with van der Waals surface area (Å²) in [6, 6.07) is 0. The van der Waals surface area contributed by atoms with Crippen molar-refractivity contribution in [3.8, 4) is 0 Å². The van der Waals surface area contributed by atoms with E-state index in [4.69, 9.17) is 11.6 Å². The lowest BCUT2D eigenvalue weighted by Gasteiger charge is -2.14. The Balaban J connectivity index is 2.20. The van der Waals surface area contributed by atoms with E-state index in [9.17, 15) is 0 Å². The minimum absolute atomic E-state index is 0.231. The summed E-state index contributed by atoms with van der Waals surface area (Å²) in [4.78, 5) is 6.20. The van der Waals surface area contributed by atoms with Crippen molar-refractivity contribution in [2.45, 2.75) is 12.3 Å². The minimum Gasteiger partial charge on any atom is -0.360 e. The molecule has 0 bridgehead atoms. The second kappa shape index (κ2) is 3.06. The summed E-state index contributed by atoms with van der Waals surface area (Å²) >= 11 is 5.75. The highest BCUT2D eigenvalue weighted by atomic mass is 35.5. The van der Waals surface area contributed by atoms with Crippen LogP contribution in [0.3, 0.4) is 0 Å². The van der Waals surface area contributed by atoms with Crippen LogP contribution >= 0.6 is 11.6 Å². The average Bonchev–Trinajstić information content (AvgIpc) is 2.15. The first-order valence-corrected chi connectivity index (χ1v) is 3.61. The van der Waals surface area contributed by atoms with E-state index in [-0.39, 0.29) is 5.38 Å². The molecule has 2 nitrogen and oxygen atoms in total. The van der Waals surface area contributed by atoms with Gasteiger partial charge in [0, 0.05) is 18.5 Å². The normalized spacial score (nSPS) is 20.9. The maximum atomic E-state index is 5.75. The van der Waals surface area contributed by atoms with E-state index in [0.717, 1.165) is 19.6 Å². The van der Waals surface area contributed by atoms with Crippen LogP contribution < -0.4 is 0 Å². The van der Waals surface area contributed by atoms with Gasteiger partial charge in [-0.25, -0.2) is 0 Å². The van der Waals surface area contributed by atoms with Gasteiger partial charge in [0.05, 0.1) is 12.9 Å². The number of rotatable bonds is 2. The SMILES string of the molecule is CC(Cl)CN1C=NCC1. The molecule has 1 aliphatic heterocycles. The van der Waals surface area contributed by atoms with E-state index in [1.807, 2.05) is 13.3 Å². The van der Waals surface area contributed by atoms with Gasteiger partial charge >= 0.3 is 0 Å². The second-order valence-electron chi connectivity index (χ2n) is 2.30. The van der Waals surface area contributed by atoms with E-state index in [1.165, 1.54) is 0 Å². The van der Waals surface area contributed by atoms with Gasteiger partial charge in [0.25, 0.3) is 0 Å². The summed E-state index contributed by atoms with van der Waals surface area (Å²) in [6.45, 7) is 4.89. The van der Waals surface area contributed by atoms with Crippen LogP contribution in [0.2, 0.25) is 0 Å². The Labute approximate surface area is 60.5 Å². The lowest BCUT2D eigenvalue weighted by Crippen LogP contribution is -2.25. The standard InChI is InChI=1S/C6H11ClN2/c1-6(7)4-9-3-2-8-5-9/h5-6H,2-4H2,1H3. The molecule has 0 fully saturated rings. The van der Waals surface area contributed by atoms with E-state index >= 15 is 0 Å². The molecule has 1 atom stereocenters. The monoisotopic (exact) mass is 146 g/mol. The zero-order valence-corrected chi connectivity index (χ0v) is 6.30. The molecule has 0 aromatic heterocycles. The smallest absolute Gasteiger partial charge is 0.0851 e. The van der Waals surface area contributed by atoms with Gasteiger partial charge < -0.3 is 4.90 Å². The van der Waals surface area contributed by atoms with Gasteiger partial charge in [-0.2, -0.15) is 0 Å². The Hall–Kier alpha value is -0.240. The predicted molar refractivity (Wildman–Crippen MR) is 40.2 cm³/mol. The molecular formula is C6H11ClN2. The molecule has 0 aromatic carbocycles. The zero-order valence-electron chi connectivity index (χ0n) is 5.55. The van der Waals surface area contributed by atoms with E-state index < -0.39 is 0 Å². The molecule has 1 heterocycles. The van der Waals surface area contributed by atoms with Gasteiger partial charge in [-0.1, -0.05) is 0 Å². The average molecular weight is 147 g/mol. The summed E-state index contributed by atoms with van der Waals surface area (Å²) in [5, 5.41) is 0.231. The van der Waals surface area contributed by atoms with Crippen LogP contribution in [0.1, 0.15) is 6.92 Å². The second-order valence-corrected chi connectivity index (χ2v) is 3.04. The quantitative estimate of drug-likeness (QED) is 0.530. The lowest BCUT2D eigenvalue weighted by atomic mass is 10.4. The molecule has 0 saturated heterocycles. The number of hydrogen-bond donors (Lipinski definition) is 0. The first kappa shape index (κ1) is 6.87. The zero-order chi connectivity index (χ0) is 6.69. The van der Waals surface area contributed by atoms with E-state index in [1.54, 1.807) is 0 Å². The number of hydrogen-bond acceptors (Lipinski definition) is 2. The Morgan fingerprint density at radius 2 is 2.67 bits per heavy atom. The van der Waals surface area contributed by atoms with Crippen LogP contribution in [-0.2, 0) is 0 Å². The van der Waals surface area contributed by atoms with E-state index in [0.29, 0.717) is 0 Å². The fraction of sp³-hybridized carbons (Fsp3) is 0.833. The molecule has 1 rings (SSSR count). The summed E-state index contributed by atoms with van der Waals surface area (Å²) in [5.74, 6) is 0. The molecule has 0 aliphatic carbocycles. The van der Waals surface area contributed by atoms with Crippen molar-refractivity contribution in [3.05, 3.63) is 0 Å². The third-order valence-electron chi connectivity index (χ3n) is 1.25. The third kappa shape index (κ3) is 2.22. The van der Waals surface area contributed by atoms with Gasteiger partial charge in [-0.15, -0.1) is 11.6 Å². The number of alkyl halides is 1. The molecule has 0 spiro atoms. The summed E-state index contributed by atoms with van der Waals surface area (Å²) < 4.78 is 0. The van der Waals surface area contributed by atoms with Crippen molar-refractivity contribution in [1.29, 1.82) is 0 Å². The topological polar surface area (TPSA) is 15.6 Å². The maximum absolute atomic E-state index is 5.75. The predicted octanol–water partition coefficient (Wildman–Crippen LogP) is 0.958. The fourth-order valence-corrected chi connectivity index (χ4v) is 1.06. The highest BCUT2D eigenvalue weighted by Gasteiger charge is 2.06. The van der Waals surface area contributed by atoms with E-state index in [2.05, 4.69) is 9.89 Å². The van der Waals surface area contributed by atoms with Crippen molar-refractivity contribution in [2.75, 3.05) is 19.6 Å². The van der Waals surface area contributed by atoms with Gasteiger partial charge in [-0.3, -0.25) is 4.99 Å². The Morgan fingerprint density at radius 3 is 3.11 bits per heavy atom. The van der Waals surface area contributed by atoms with Crippen LogP contribution in [0.25, 0.3) is 0 Å². The highest BCUT2D eigenvalue weighted by molar-refractivity contribution is 6.20. The van der Waals surface area contributed by atoms with Crippen LogP contribution in [0, 0.1) is 0 Å². The summed E-state index contributed by atoms with van der Waals surface area (Å²) in [6.07, 6.45) is 1.87. The van der Waals surface area contributed by atoms with Gasteiger partial charge in [-0.05, 0) is 6.92 Å². The van der Waals surface area contributed by atoms with Crippen molar-refractivity contribution in [1.82, 2.24) is 4.90 Å². The first-order chi connectivity index (χ1) is 4.29. The molecule has 1 unspecified atom stereocenters. The highest BCUT2D eigenvalue weighted by Crippen LogP contribution is 1.99. The van der Waals surface area contributed by atoms with Crippen LogP contribution in [0.5, 0.6) is 0 Å². The summed E-state index contributed by atoms with van der Waals surface area (Å²) in [7, 11) is 0. The Morgan fingerprint density at radius 1 is 1.89 bits per heavy atom. The van der Waals surface area contributed by atoms with Crippen LogP contribution in [-0.4, -0.2) is 36.2 Å². The van der Waals surface area contributed by atoms with Crippen LogP contribution in [0.4, 0.5) is 0 Å².